The average Bonchev–Trinajstić information content (AvgIpc) is 2.37. The Hall–Kier alpha value is -1.85. The molecule has 1 rings (SSSR count). The Bertz CT molecular complexity index is 280. The van der Waals surface area contributed by atoms with E-state index in [1.807, 2.05) is 0 Å². The number of nitrogens with one attached hydrogen (secondary N) is 2. The van der Waals surface area contributed by atoms with E-state index >= 15 is 0 Å². The summed E-state index contributed by atoms with van der Waals surface area (Å²) in [6, 6.07) is 0. The molecular weight excluding hydrogens is 148 g/mol. The number of imidazole rings is 1. The van der Waals surface area contributed by atoms with Crippen molar-refractivity contribution in [2.24, 2.45) is 5.73 Å². The van der Waals surface area contributed by atoms with Gasteiger partial charge in [-0.3, -0.25) is 9.59 Å². The van der Waals surface area contributed by atoms with Crippen LogP contribution in [0.25, 0.3) is 0 Å². The predicted octanol–water partition coefficient (Wildman–Crippen LogP) is -0.923. The zero-order valence-corrected chi connectivity index (χ0v) is 5.50. The zero-order chi connectivity index (χ0) is 8.27. The molecule has 0 radical (unpaired) electrons. The van der Waals surface area contributed by atoms with Crippen molar-refractivity contribution in [2.45, 2.75) is 0 Å². The molecule has 0 saturated carbocycles. The van der Waals surface area contributed by atoms with Crippen molar-refractivity contribution >= 4 is 18.1 Å². The molecule has 0 fully saturated rings. The summed E-state index contributed by atoms with van der Waals surface area (Å²) in [5, 5.41) is 2.28. The maximum absolute atomic E-state index is 10.4. The molecule has 6 heteroatoms. The molecule has 0 bridgehead atoms. The van der Waals surface area contributed by atoms with Gasteiger partial charge in [-0.15, -0.1) is 0 Å². The maximum atomic E-state index is 10.4. The first-order chi connectivity index (χ1) is 5.24. The van der Waals surface area contributed by atoms with E-state index in [9.17, 15) is 9.59 Å². The summed E-state index contributed by atoms with van der Waals surface area (Å²) in [6.45, 7) is 0. The van der Waals surface area contributed by atoms with Gasteiger partial charge in [0.05, 0.1) is 6.20 Å². The molecule has 0 unspecified atom stereocenters. The summed E-state index contributed by atoms with van der Waals surface area (Å²) >= 11 is 0. The Morgan fingerprint density at radius 3 is 3.00 bits per heavy atom. The number of aromatic nitrogens is 2. The van der Waals surface area contributed by atoms with Crippen molar-refractivity contribution < 1.29 is 9.59 Å². The number of carbonyl (C=O) groups excluding carboxylic acids is 2. The van der Waals surface area contributed by atoms with Crippen LogP contribution in [0, 0.1) is 0 Å². The lowest BCUT2D eigenvalue weighted by atomic mass is 10.6. The maximum Gasteiger partial charge on any atom is 0.284 e. The Labute approximate surface area is 61.8 Å². The third-order valence-corrected chi connectivity index (χ3v) is 1.02. The van der Waals surface area contributed by atoms with Crippen molar-refractivity contribution in [3.63, 3.8) is 0 Å². The molecule has 0 aliphatic heterocycles. The van der Waals surface area contributed by atoms with E-state index in [0.717, 1.165) is 0 Å². The van der Waals surface area contributed by atoms with Crippen molar-refractivity contribution in [3.05, 3.63) is 12.0 Å². The molecule has 0 saturated heterocycles. The second kappa shape index (κ2) is 2.82. The van der Waals surface area contributed by atoms with E-state index in [0.29, 0.717) is 12.2 Å². The largest absolute Gasteiger partial charge is 0.363 e. The van der Waals surface area contributed by atoms with Crippen LogP contribution in [0.2, 0.25) is 0 Å². The van der Waals surface area contributed by atoms with Crippen LogP contribution in [0.3, 0.4) is 0 Å². The van der Waals surface area contributed by atoms with Gasteiger partial charge in [-0.2, -0.15) is 0 Å². The number of amides is 2. The second-order valence-corrected chi connectivity index (χ2v) is 1.77. The average molecular weight is 154 g/mol. The number of rotatable bonds is 3. The third kappa shape index (κ3) is 1.54. The molecule has 4 N–H and O–H groups in total. The summed E-state index contributed by atoms with van der Waals surface area (Å²) in [6.07, 6.45) is 1.77. The van der Waals surface area contributed by atoms with Crippen molar-refractivity contribution in [1.29, 1.82) is 0 Å². The highest BCUT2D eigenvalue weighted by atomic mass is 16.1. The van der Waals surface area contributed by atoms with Gasteiger partial charge in [0.15, 0.2) is 5.82 Å². The van der Waals surface area contributed by atoms with Crippen LogP contribution in [0.15, 0.2) is 6.20 Å². The first kappa shape index (κ1) is 7.26. The highest BCUT2D eigenvalue weighted by Gasteiger charge is 2.03. The molecule has 2 amide bonds. The summed E-state index contributed by atoms with van der Waals surface area (Å²) in [4.78, 5) is 26.4. The van der Waals surface area contributed by atoms with Crippen LogP contribution in [0.5, 0.6) is 0 Å². The van der Waals surface area contributed by atoms with E-state index in [1.54, 1.807) is 0 Å². The molecule has 0 atom stereocenters. The predicted molar refractivity (Wildman–Crippen MR) is 36.8 cm³/mol. The van der Waals surface area contributed by atoms with Gasteiger partial charge in [0, 0.05) is 0 Å². The van der Waals surface area contributed by atoms with E-state index in [2.05, 4.69) is 15.3 Å². The normalized spacial score (nSPS) is 9.09. The highest BCUT2D eigenvalue weighted by Crippen LogP contribution is 1.99. The minimum Gasteiger partial charge on any atom is -0.363 e. The number of aromatic amines is 1. The Kier molecular flexibility index (Phi) is 1.86. The lowest BCUT2D eigenvalue weighted by Gasteiger charge is -1.88. The lowest BCUT2D eigenvalue weighted by Crippen LogP contribution is -2.12. The highest BCUT2D eigenvalue weighted by molar-refractivity contribution is 5.89. The topological polar surface area (TPSA) is 101 Å². The molecule has 0 aliphatic carbocycles. The van der Waals surface area contributed by atoms with Crippen LogP contribution in [0.1, 0.15) is 10.6 Å². The fourth-order valence-corrected chi connectivity index (χ4v) is 0.583. The number of nitrogens with zero attached hydrogens (tertiary/aromatic N) is 1. The fraction of sp³-hybridized carbons (Fsp3) is 0. The van der Waals surface area contributed by atoms with Gasteiger partial charge < -0.3 is 16.0 Å². The molecule has 6 nitrogen and oxygen atoms in total. The minimum atomic E-state index is -0.663. The SMILES string of the molecule is NC(=O)c1ncc(NC=O)[nH]1. The first-order valence-corrected chi connectivity index (χ1v) is 2.79. The van der Waals surface area contributed by atoms with Crippen LogP contribution >= 0.6 is 0 Å². The molecule has 0 aliphatic rings. The Morgan fingerprint density at radius 1 is 1.82 bits per heavy atom. The van der Waals surface area contributed by atoms with E-state index < -0.39 is 5.91 Å². The third-order valence-electron chi connectivity index (χ3n) is 1.02. The van der Waals surface area contributed by atoms with Gasteiger partial charge >= 0.3 is 0 Å². The number of hydrogen-bond donors (Lipinski definition) is 3. The molecule has 11 heavy (non-hydrogen) atoms. The van der Waals surface area contributed by atoms with Crippen LogP contribution in [-0.4, -0.2) is 22.3 Å². The van der Waals surface area contributed by atoms with Gasteiger partial charge in [-0.1, -0.05) is 0 Å². The number of hydrogen-bond acceptors (Lipinski definition) is 3. The molecule has 1 heterocycles. The lowest BCUT2D eigenvalue weighted by molar-refractivity contribution is -0.105. The number of anilines is 1. The summed E-state index contributed by atoms with van der Waals surface area (Å²) in [5.74, 6) is -0.299. The monoisotopic (exact) mass is 154 g/mol. The Morgan fingerprint density at radius 2 is 2.55 bits per heavy atom. The number of primary amides is 1. The quantitative estimate of drug-likeness (QED) is 0.490. The molecular formula is C5H6N4O2. The van der Waals surface area contributed by atoms with Gasteiger partial charge in [0.1, 0.15) is 5.82 Å². The fourth-order valence-electron chi connectivity index (χ4n) is 0.583. The van der Waals surface area contributed by atoms with Crippen molar-refractivity contribution in [2.75, 3.05) is 5.32 Å². The summed E-state index contributed by atoms with van der Waals surface area (Å²) in [5.41, 5.74) is 4.87. The smallest absolute Gasteiger partial charge is 0.284 e. The molecule has 0 spiro atoms. The molecule has 58 valence electrons. The van der Waals surface area contributed by atoms with Gasteiger partial charge in [0.25, 0.3) is 5.91 Å². The van der Waals surface area contributed by atoms with E-state index in [1.165, 1.54) is 6.20 Å². The number of H-pyrrole nitrogens is 1. The van der Waals surface area contributed by atoms with Crippen molar-refractivity contribution in [1.82, 2.24) is 9.97 Å². The number of carbonyl (C=O) groups is 2. The standard InChI is InChI=1S/C5H6N4O2/c6-4(11)5-7-1-3(9-5)8-2-10/h1-2H,(H2,6,11)(H,7,9)(H,8,10). The zero-order valence-electron chi connectivity index (χ0n) is 5.50. The van der Waals surface area contributed by atoms with Crippen LogP contribution in [0.4, 0.5) is 5.82 Å². The van der Waals surface area contributed by atoms with Crippen LogP contribution < -0.4 is 11.1 Å². The van der Waals surface area contributed by atoms with E-state index in [4.69, 9.17) is 5.73 Å². The van der Waals surface area contributed by atoms with Gasteiger partial charge in [-0.05, 0) is 0 Å². The second-order valence-electron chi connectivity index (χ2n) is 1.77. The molecule has 0 aromatic carbocycles. The van der Waals surface area contributed by atoms with Crippen molar-refractivity contribution in [3.8, 4) is 0 Å². The van der Waals surface area contributed by atoms with Crippen LogP contribution in [-0.2, 0) is 4.79 Å². The Balaban J connectivity index is 2.81. The first-order valence-electron chi connectivity index (χ1n) is 2.79. The van der Waals surface area contributed by atoms with E-state index in [-0.39, 0.29) is 5.82 Å². The summed E-state index contributed by atoms with van der Waals surface area (Å²) < 4.78 is 0. The summed E-state index contributed by atoms with van der Waals surface area (Å²) in [7, 11) is 0. The molecule has 1 aromatic rings. The van der Waals surface area contributed by atoms with Gasteiger partial charge in [0.2, 0.25) is 6.41 Å². The van der Waals surface area contributed by atoms with Gasteiger partial charge in [-0.25, -0.2) is 4.98 Å². The number of nitrogens with two attached hydrogens (primary N) is 1. The molecule has 1 aromatic heterocycles. The minimum absolute atomic E-state index is 0.0225.